The summed E-state index contributed by atoms with van der Waals surface area (Å²) >= 11 is 0. The van der Waals surface area contributed by atoms with Gasteiger partial charge in [-0.05, 0) is 119 Å². The van der Waals surface area contributed by atoms with Gasteiger partial charge in [0, 0.05) is 36.0 Å². The van der Waals surface area contributed by atoms with Crippen molar-refractivity contribution in [2.24, 2.45) is 0 Å². The molecule has 0 bridgehead atoms. The largest absolute Gasteiger partial charge is 0.483 e. The second-order valence-corrected chi connectivity index (χ2v) is 15.3. The van der Waals surface area contributed by atoms with Gasteiger partial charge in [0.15, 0.2) is 5.65 Å². The summed E-state index contributed by atoms with van der Waals surface area (Å²) in [5.41, 5.74) is 4.69. The fourth-order valence-corrected chi connectivity index (χ4v) is 8.46. The Labute approximate surface area is 327 Å². The predicted octanol–water partition coefficient (Wildman–Crippen LogP) is 7.81. The summed E-state index contributed by atoms with van der Waals surface area (Å²) in [6.45, 7) is 4.01. The van der Waals surface area contributed by atoms with E-state index in [4.69, 9.17) is 14.9 Å². The number of carboxylic acid groups (broad SMARTS) is 1. The Morgan fingerprint density at radius 1 is 0.875 bits per heavy atom. The number of rotatable bonds is 16. The molecule has 7 rings (SSSR count). The third kappa shape index (κ3) is 10.9. The summed E-state index contributed by atoms with van der Waals surface area (Å²) < 4.78 is 30.4. The molecular weight excluding hydrogens is 717 g/mol. The topological polar surface area (TPSA) is 132 Å². The van der Waals surface area contributed by atoms with E-state index in [-0.39, 0.29) is 36.2 Å². The maximum atomic E-state index is 14.6. The number of nitrogens with zero attached hydrogens (tertiary/aromatic N) is 5. The number of fused-ring (bicyclic) bond motifs is 1. The van der Waals surface area contributed by atoms with Crippen molar-refractivity contribution in [2.45, 2.75) is 114 Å². The van der Waals surface area contributed by atoms with Crippen molar-refractivity contribution in [3.05, 3.63) is 89.2 Å². The number of piperidine rings is 2. The minimum Gasteiger partial charge on any atom is -0.483 e. The molecule has 3 aliphatic heterocycles. The van der Waals surface area contributed by atoms with Crippen molar-refractivity contribution >= 4 is 35.4 Å². The number of carbonyl (C=O) groups is 3. The molecule has 2 aromatic carbocycles. The van der Waals surface area contributed by atoms with Crippen LogP contribution in [0, 0.1) is 11.6 Å². The number of amides is 2. The molecule has 4 aromatic rings. The van der Waals surface area contributed by atoms with Gasteiger partial charge in [0.25, 0.3) is 6.47 Å². The number of nitrogens with one attached hydrogen (secondary N) is 2. The Morgan fingerprint density at radius 3 is 2.32 bits per heavy atom. The lowest BCUT2D eigenvalue weighted by Crippen LogP contribution is -2.47. The molecule has 56 heavy (non-hydrogen) atoms. The molecule has 2 atom stereocenters. The fraction of sp³-hybridized carbons (Fsp3) is 0.512. The maximum absolute atomic E-state index is 14.6. The third-order valence-corrected chi connectivity index (χ3v) is 11.5. The van der Waals surface area contributed by atoms with Gasteiger partial charge in [0.1, 0.15) is 23.5 Å². The van der Waals surface area contributed by atoms with Crippen LogP contribution in [-0.4, -0.2) is 75.1 Å². The molecule has 300 valence electrons. The molecule has 1 unspecified atom stereocenters. The molecule has 13 heteroatoms. The Morgan fingerprint density at radius 2 is 1.59 bits per heavy atom. The number of likely N-dealkylation sites (tertiary alicyclic amines) is 1. The van der Waals surface area contributed by atoms with Crippen molar-refractivity contribution in [2.75, 3.05) is 36.4 Å². The molecule has 2 aromatic heterocycles. The molecule has 11 nitrogen and oxygen atoms in total. The second kappa shape index (κ2) is 20.3. The van der Waals surface area contributed by atoms with E-state index in [1.807, 2.05) is 23.0 Å². The highest BCUT2D eigenvalue weighted by atomic mass is 19.1. The first kappa shape index (κ1) is 40.7. The molecule has 0 radical (unpaired) electrons. The smallest absolute Gasteiger partial charge is 0.290 e. The number of halogens is 2. The quantitative estimate of drug-likeness (QED) is 0.0593. The number of hydrogen-bond donors (Lipinski definition) is 3. The highest BCUT2D eigenvalue weighted by molar-refractivity contribution is 6.01. The van der Waals surface area contributed by atoms with E-state index in [1.165, 1.54) is 88.1 Å². The second-order valence-electron chi connectivity index (χ2n) is 15.3. The zero-order chi connectivity index (χ0) is 39.3. The first-order valence-corrected chi connectivity index (χ1v) is 20.4. The number of anilines is 2. The van der Waals surface area contributed by atoms with Gasteiger partial charge in [-0.25, -0.2) is 18.3 Å². The average Bonchev–Trinajstić information content (AvgIpc) is 3.86. The van der Waals surface area contributed by atoms with E-state index in [0.717, 1.165) is 68.0 Å². The number of benzene rings is 2. The average molecular weight is 772 g/mol. The highest BCUT2D eigenvalue weighted by Gasteiger charge is 2.30. The van der Waals surface area contributed by atoms with Crippen molar-refractivity contribution < 1.29 is 28.3 Å². The zero-order valence-electron chi connectivity index (χ0n) is 32.2. The predicted molar refractivity (Wildman–Crippen MR) is 213 cm³/mol. The highest BCUT2D eigenvalue weighted by Crippen LogP contribution is 2.37. The SMILES string of the molecule is O=C1CCC(Nc2ccc(C3CCN(CCCCCCCCCCc4cnn5ccc(N6CCC[C@@H]6c6cc(F)ccc6F)nc45)CC3)cc2)C(=O)N1.O=CO. The molecule has 3 fully saturated rings. The molecule has 0 saturated carbocycles. The van der Waals surface area contributed by atoms with Gasteiger partial charge < -0.3 is 20.2 Å². The molecule has 3 aliphatic rings. The Hall–Kier alpha value is -4.91. The summed E-state index contributed by atoms with van der Waals surface area (Å²) in [5, 5.41) is 17.1. The van der Waals surface area contributed by atoms with Crippen LogP contribution in [0.2, 0.25) is 0 Å². The van der Waals surface area contributed by atoms with E-state index >= 15 is 0 Å². The van der Waals surface area contributed by atoms with E-state index < -0.39 is 5.82 Å². The lowest BCUT2D eigenvalue weighted by atomic mass is 9.89. The van der Waals surface area contributed by atoms with Crippen molar-refractivity contribution in [3.63, 3.8) is 0 Å². The van der Waals surface area contributed by atoms with Crippen molar-refractivity contribution in [1.82, 2.24) is 24.8 Å². The number of carbonyl (C=O) groups excluding carboxylic acids is 2. The summed E-state index contributed by atoms with van der Waals surface area (Å²) in [4.78, 5) is 41.5. The summed E-state index contributed by atoms with van der Waals surface area (Å²) in [5.74, 6) is 0.163. The standard InChI is InChI=1S/C42H53F2N7O2.CH2O2/c43-33-14-17-36(44)35(28-33)38-11-9-24-50(38)39-22-27-51-41(47-39)32(29-45-51)10-7-5-3-1-2-4-6-8-23-49-25-20-31(21-26-49)30-12-15-34(16-13-30)46-37-18-19-40(52)48-42(37)53;2-1-3/h12-17,22,27-29,31,37-38,46H,1-11,18-21,23-26H2,(H,48,52,53);1H,(H,2,3)/t37?,38-;/m1./s1. The van der Waals surface area contributed by atoms with Gasteiger partial charge in [-0.1, -0.05) is 50.7 Å². The van der Waals surface area contributed by atoms with E-state index in [2.05, 4.69) is 49.8 Å². The molecule has 0 spiro atoms. The van der Waals surface area contributed by atoms with Gasteiger partial charge in [-0.3, -0.25) is 19.7 Å². The van der Waals surface area contributed by atoms with Crippen LogP contribution < -0.4 is 15.5 Å². The molecule has 3 saturated heterocycles. The van der Waals surface area contributed by atoms with Gasteiger partial charge in [-0.15, -0.1) is 0 Å². The van der Waals surface area contributed by atoms with Gasteiger partial charge in [0.2, 0.25) is 11.8 Å². The van der Waals surface area contributed by atoms with Gasteiger partial charge >= 0.3 is 0 Å². The first-order chi connectivity index (χ1) is 27.3. The van der Waals surface area contributed by atoms with E-state index in [9.17, 15) is 18.4 Å². The van der Waals surface area contributed by atoms with E-state index in [0.29, 0.717) is 24.3 Å². The van der Waals surface area contributed by atoms with Crippen molar-refractivity contribution in [1.29, 1.82) is 0 Å². The van der Waals surface area contributed by atoms with Crippen LogP contribution in [0.4, 0.5) is 20.3 Å². The minimum atomic E-state index is -0.414. The van der Waals surface area contributed by atoms with Crippen LogP contribution in [0.25, 0.3) is 5.65 Å². The Bertz CT molecular complexity index is 1900. The van der Waals surface area contributed by atoms with Gasteiger partial charge in [0.05, 0.1) is 12.2 Å². The normalized spacial score (nSPS) is 19.1. The first-order valence-electron chi connectivity index (χ1n) is 20.4. The Kier molecular flexibility index (Phi) is 14.8. The monoisotopic (exact) mass is 771 g/mol. The van der Waals surface area contributed by atoms with E-state index in [1.54, 1.807) is 0 Å². The summed E-state index contributed by atoms with van der Waals surface area (Å²) in [6, 6.07) is 13.6. The van der Waals surface area contributed by atoms with Crippen LogP contribution in [0.1, 0.15) is 119 Å². The molecule has 0 aliphatic carbocycles. The third-order valence-electron chi connectivity index (χ3n) is 11.5. The molecule has 3 N–H and O–H groups in total. The van der Waals surface area contributed by atoms with Crippen LogP contribution in [0.15, 0.2) is 60.9 Å². The number of unbranched alkanes of at least 4 members (excludes halogenated alkanes) is 7. The summed E-state index contributed by atoms with van der Waals surface area (Å²) in [6.07, 6.45) is 19.7. The number of aryl methyl sites for hydroxylation is 1. The van der Waals surface area contributed by atoms with Crippen LogP contribution in [0.3, 0.4) is 0 Å². The fourth-order valence-electron chi connectivity index (χ4n) is 8.46. The van der Waals surface area contributed by atoms with Gasteiger partial charge in [-0.2, -0.15) is 5.10 Å². The van der Waals surface area contributed by atoms with Crippen molar-refractivity contribution in [3.8, 4) is 0 Å². The zero-order valence-corrected chi connectivity index (χ0v) is 32.2. The lowest BCUT2D eigenvalue weighted by Gasteiger charge is -2.32. The molecule has 2 amide bonds. The number of aromatic nitrogens is 3. The van der Waals surface area contributed by atoms with Crippen LogP contribution in [-0.2, 0) is 20.8 Å². The summed E-state index contributed by atoms with van der Waals surface area (Å²) in [7, 11) is 0. The number of hydrogen-bond acceptors (Lipinski definition) is 8. The minimum absolute atomic E-state index is 0.191. The molecular formula is C43H55F2N7O4. The van der Waals surface area contributed by atoms with Crippen LogP contribution >= 0.6 is 0 Å². The maximum Gasteiger partial charge on any atom is 0.290 e. The Balaban J connectivity index is 0.00000172. The molecule has 5 heterocycles. The number of imide groups is 1. The van der Waals surface area contributed by atoms with Crippen LogP contribution in [0.5, 0.6) is 0 Å². The lowest BCUT2D eigenvalue weighted by molar-refractivity contribution is -0.133.